The summed E-state index contributed by atoms with van der Waals surface area (Å²) in [5, 5.41) is 12.2. The lowest BCUT2D eigenvalue weighted by atomic mass is 10.0. The van der Waals surface area contributed by atoms with Crippen molar-refractivity contribution in [2.75, 3.05) is 0 Å². The lowest BCUT2D eigenvalue weighted by molar-refractivity contribution is -0.127. The summed E-state index contributed by atoms with van der Waals surface area (Å²) in [4.78, 5) is 22.6. The number of alkyl carbamates (subject to hydrolysis) is 1. The highest BCUT2D eigenvalue weighted by Gasteiger charge is 2.33. The van der Waals surface area contributed by atoms with E-state index in [-0.39, 0.29) is 0 Å². The van der Waals surface area contributed by atoms with Crippen LogP contribution in [-0.2, 0) is 9.53 Å². The molecule has 2 unspecified atom stereocenters. The Morgan fingerprint density at radius 1 is 1.44 bits per heavy atom. The molecule has 1 fully saturated rings. The molecule has 0 aromatic heterocycles. The molecule has 6 nitrogen and oxygen atoms in total. The zero-order valence-electron chi connectivity index (χ0n) is 11.1. The van der Waals surface area contributed by atoms with Crippen molar-refractivity contribution in [1.82, 2.24) is 5.32 Å². The van der Waals surface area contributed by atoms with Gasteiger partial charge in [-0.25, -0.2) is 4.79 Å². The van der Waals surface area contributed by atoms with Crippen LogP contribution in [0.5, 0.6) is 0 Å². The monoisotopic (exact) mass is 258 g/mol. The van der Waals surface area contributed by atoms with E-state index in [4.69, 9.17) is 10.5 Å². The van der Waals surface area contributed by atoms with Gasteiger partial charge in [-0.1, -0.05) is 12.8 Å². The van der Waals surface area contributed by atoms with E-state index < -0.39 is 29.7 Å². The van der Waals surface area contributed by atoms with Crippen LogP contribution in [-0.4, -0.2) is 34.9 Å². The minimum absolute atomic E-state index is 0.443. The molecular weight excluding hydrogens is 236 g/mol. The molecule has 0 radical (unpaired) electrons. The Balaban J connectivity index is 2.54. The van der Waals surface area contributed by atoms with Gasteiger partial charge in [-0.3, -0.25) is 4.79 Å². The summed E-state index contributed by atoms with van der Waals surface area (Å²) < 4.78 is 5.09. The molecule has 0 saturated heterocycles. The van der Waals surface area contributed by atoms with Crippen LogP contribution in [0.3, 0.4) is 0 Å². The Hall–Kier alpha value is -1.30. The average molecular weight is 258 g/mol. The minimum Gasteiger partial charge on any atom is -0.444 e. The second kappa shape index (κ2) is 5.56. The number of ether oxygens (including phenoxy) is 1. The molecular formula is C12H22N2O4. The summed E-state index contributed by atoms with van der Waals surface area (Å²) in [6.45, 7) is 5.23. The number of nitrogens with two attached hydrogens (primary N) is 1. The first kappa shape index (κ1) is 14.8. The van der Waals surface area contributed by atoms with Gasteiger partial charge in [0.1, 0.15) is 5.60 Å². The van der Waals surface area contributed by atoms with Gasteiger partial charge in [0.15, 0.2) is 6.10 Å². The van der Waals surface area contributed by atoms with Crippen molar-refractivity contribution in [3.8, 4) is 0 Å². The number of primary amides is 1. The summed E-state index contributed by atoms with van der Waals surface area (Å²) in [5.41, 5.74) is 4.44. The first-order chi connectivity index (χ1) is 8.19. The maximum atomic E-state index is 11.6. The van der Waals surface area contributed by atoms with Gasteiger partial charge in [0.25, 0.3) is 0 Å². The number of carbonyl (C=O) groups excluding carboxylic acids is 2. The minimum atomic E-state index is -1.38. The van der Waals surface area contributed by atoms with Crippen molar-refractivity contribution in [1.29, 1.82) is 0 Å². The van der Waals surface area contributed by atoms with Gasteiger partial charge in [0.2, 0.25) is 5.91 Å². The third-order valence-electron chi connectivity index (χ3n) is 2.66. The van der Waals surface area contributed by atoms with Gasteiger partial charge in [-0.15, -0.1) is 0 Å². The van der Waals surface area contributed by atoms with Crippen LogP contribution in [0.15, 0.2) is 0 Å². The van der Waals surface area contributed by atoms with Crippen LogP contribution in [0, 0.1) is 5.92 Å². The fraction of sp³-hybridized carbons (Fsp3) is 0.833. The second-order valence-corrected chi connectivity index (χ2v) is 5.78. The quantitative estimate of drug-likeness (QED) is 0.669. The Kier molecular flexibility index (Phi) is 4.56. The van der Waals surface area contributed by atoms with Gasteiger partial charge in [-0.05, 0) is 33.1 Å². The maximum absolute atomic E-state index is 11.6. The van der Waals surface area contributed by atoms with Crippen molar-refractivity contribution in [3.63, 3.8) is 0 Å². The highest BCUT2D eigenvalue weighted by Crippen LogP contribution is 2.34. The summed E-state index contributed by atoms with van der Waals surface area (Å²) in [5.74, 6) is -0.393. The van der Waals surface area contributed by atoms with Gasteiger partial charge in [0.05, 0.1) is 6.04 Å². The second-order valence-electron chi connectivity index (χ2n) is 5.78. The zero-order chi connectivity index (χ0) is 13.9. The predicted octanol–water partition coefficient (Wildman–Crippen LogP) is 0.526. The summed E-state index contributed by atoms with van der Waals surface area (Å²) in [7, 11) is 0. The standard InChI is InChI=1S/C12H22N2O4/c1-12(2,3)18-11(17)14-8(6-7-4-5-7)9(15)10(13)16/h7-9,15H,4-6H2,1-3H3,(H2,13,16)(H,14,17). The third kappa shape index (κ3) is 5.35. The predicted molar refractivity (Wildman–Crippen MR) is 65.7 cm³/mol. The van der Waals surface area contributed by atoms with Crippen molar-refractivity contribution in [3.05, 3.63) is 0 Å². The fourth-order valence-corrected chi connectivity index (χ4v) is 1.64. The first-order valence-electron chi connectivity index (χ1n) is 6.16. The number of hydrogen-bond donors (Lipinski definition) is 3. The van der Waals surface area contributed by atoms with E-state index in [1.807, 2.05) is 0 Å². The molecule has 6 heteroatoms. The molecule has 18 heavy (non-hydrogen) atoms. The lowest BCUT2D eigenvalue weighted by Gasteiger charge is -2.25. The van der Waals surface area contributed by atoms with Crippen molar-refractivity contribution < 1.29 is 19.4 Å². The van der Waals surface area contributed by atoms with E-state index in [0.717, 1.165) is 12.8 Å². The number of aliphatic hydroxyl groups excluding tert-OH is 1. The number of nitrogens with one attached hydrogen (secondary N) is 1. The molecule has 0 bridgehead atoms. The summed E-state index contributed by atoms with van der Waals surface area (Å²) >= 11 is 0. The lowest BCUT2D eigenvalue weighted by Crippen LogP contribution is -2.50. The molecule has 0 heterocycles. The number of hydrogen-bond acceptors (Lipinski definition) is 4. The summed E-state index contributed by atoms with van der Waals surface area (Å²) in [6, 6.07) is -0.676. The van der Waals surface area contributed by atoms with E-state index in [0.29, 0.717) is 12.3 Å². The van der Waals surface area contributed by atoms with Crippen LogP contribution in [0.1, 0.15) is 40.0 Å². The molecule has 1 aliphatic rings. The van der Waals surface area contributed by atoms with Gasteiger partial charge in [0, 0.05) is 0 Å². The molecule has 0 aliphatic heterocycles. The molecule has 0 spiro atoms. The molecule has 104 valence electrons. The van der Waals surface area contributed by atoms with E-state index >= 15 is 0 Å². The summed E-state index contributed by atoms with van der Waals surface area (Å²) in [6.07, 6.45) is 0.630. The first-order valence-corrected chi connectivity index (χ1v) is 6.16. The van der Waals surface area contributed by atoms with E-state index in [2.05, 4.69) is 5.32 Å². The molecule has 1 rings (SSSR count). The topological polar surface area (TPSA) is 102 Å². The third-order valence-corrected chi connectivity index (χ3v) is 2.66. The molecule has 4 N–H and O–H groups in total. The van der Waals surface area contributed by atoms with Crippen LogP contribution in [0.25, 0.3) is 0 Å². The Morgan fingerprint density at radius 2 is 2.00 bits per heavy atom. The number of rotatable bonds is 5. The normalized spacial score (nSPS) is 18.9. The van der Waals surface area contributed by atoms with Crippen LogP contribution < -0.4 is 11.1 Å². The van der Waals surface area contributed by atoms with Gasteiger partial charge >= 0.3 is 6.09 Å². The molecule has 0 aromatic carbocycles. The zero-order valence-corrected chi connectivity index (χ0v) is 11.1. The van der Waals surface area contributed by atoms with Crippen LogP contribution in [0.4, 0.5) is 4.79 Å². The van der Waals surface area contributed by atoms with Gasteiger partial charge in [-0.2, -0.15) is 0 Å². The Morgan fingerprint density at radius 3 is 2.39 bits per heavy atom. The van der Waals surface area contributed by atoms with Crippen molar-refractivity contribution >= 4 is 12.0 Å². The highest BCUT2D eigenvalue weighted by molar-refractivity contribution is 5.80. The smallest absolute Gasteiger partial charge is 0.407 e. The SMILES string of the molecule is CC(C)(C)OC(=O)NC(CC1CC1)C(O)C(N)=O. The maximum Gasteiger partial charge on any atom is 0.407 e. The largest absolute Gasteiger partial charge is 0.444 e. The van der Waals surface area contributed by atoms with E-state index in [1.54, 1.807) is 20.8 Å². The van der Waals surface area contributed by atoms with E-state index in [9.17, 15) is 14.7 Å². The van der Waals surface area contributed by atoms with Crippen molar-refractivity contribution in [2.45, 2.75) is 57.8 Å². The molecule has 2 atom stereocenters. The Labute approximate surface area is 107 Å². The van der Waals surface area contributed by atoms with Crippen molar-refractivity contribution in [2.24, 2.45) is 11.7 Å². The van der Waals surface area contributed by atoms with Gasteiger partial charge < -0.3 is 20.9 Å². The Bertz CT molecular complexity index is 321. The number of carbonyl (C=O) groups is 2. The highest BCUT2D eigenvalue weighted by atomic mass is 16.6. The van der Waals surface area contributed by atoms with Crippen LogP contribution in [0.2, 0.25) is 0 Å². The molecule has 1 saturated carbocycles. The molecule has 2 amide bonds. The fourth-order valence-electron chi connectivity index (χ4n) is 1.64. The van der Waals surface area contributed by atoms with Crippen LogP contribution >= 0.6 is 0 Å². The van der Waals surface area contributed by atoms with E-state index in [1.165, 1.54) is 0 Å². The number of amides is 2. The molecule has 0 aromatic rings. The molecule has 1 aliphatic carbocycles. The average Bonchev–Trinajstić information content (AvgIpc) is 2.96. The number of aliphatic hydroxyl groups is 1.